The third-order valence-electron chi connectivity index (χ3n) is 3.39. The summed E-state index contributed by atoms with van der Waals surface area (Å²) in [6.07, 6.45) is 5.96. The van der Waals surface area contributed by atoms with E-state index in [1.165, 1.54) is 24.8 Å². The van der Waals surface area contributed by atoms with Crippen molar-refractivity contribution < 1.29 is 0 Å². The molecule has 2 unspecified atom stereocenters. The Morgan fingerprint density at radius 3 is 2.94 bits per heavy atom. The smallest absolute Gasteiger partial charge is 0.101 e. The van der Waals surface area contributed by atoms with Crippen molar-refractivity contribution in [1.82, 2.24) is 0 Å². The Hall–Kier alpha value is -1.14. The van der Waals surface area contributed by atoms with E-state index in [1.54, 1.807) is 0 Å². The molecule has 2 rings (SSSR count). The van der Waals surface area contributed by atoms with Gasteiger partial charge in [0.15, 0.2) is 0 Å². The van der Waals surface area contributed by atoms with E-state index in [-0.39, 0.29) is 0 Å². The van der Waals surface area contributed by atoms with Gasteiger partial charge in [-0.15, -0.1) is 0 Å². The van der Waals surface area contributed by atoms with Crippen LogP contribution in [0.4, 0.5) is 5.69 Å². The maximum atomic E-state index is 9.11. The number of hydrogen-bond acceptors (Lipinski definition) is 3. The highest BCUT2D eigenvalue weighted by molar-refractivity contribution is 7.99. The number of nitrogens with one attached hydrogen (secondary N) is 1. The normalized spacial score (nSPS) is 23.4. The van der Waals surface area contributed by atoms with Gasteiger partial charge in [-0.05, 0) is 43.7 Å². The summed E-state index contributed by atoms with van der Waals surface area (Å²) in [6, 6.07) is 8.74. The number of hydrogen-bond donors (Lipinski definition) is 1. The fourth-order valence-corrected chi connectivity index (χ4v) is 3.38. The second-order valence-electron chi connectivity index (χ2n) is 4.62. The molecule has 0 heterocycles. The maximum absolute atomic E-state index is 9.11. The zero-order valence-corrected chi connectivity index (χ0v) is 11.2. The third-order valence-corrected chi connectivity index (χ3v) is 4.56. The molecule has 17 heavy (non-hydrogen) atoms. The number of thioether (sulfide) groups is 1. The fourth-order valence-electron chi connectivity index (χ4n) is 2.45. The van der Waals surface area contributed by atoms with Crippen molar-refractivity contribution in [2.45, 2.75) is 37.5 Å². The first-order chi connectivity index (χ1) is 8.24. The number of nitriles is 1. The quantitative estimate of drug-likeness (QED) is 0.885. The molecular formula is C14H18N2S. The summed E-state index contributed by atoms with van der Waals surface area (Å²) in [6.45, 7) is 2.06. The summed E-state index contributed by atoms with van der Waals surface area (Å²) in [5.41, 5.74) is 2.95. The van der Waals surface area contributed by atoms with Crippen molar-refractivity contribution in [3.8, 4) is 6.07 Å². The molecule has 0 spiro atoms. The van der Waals surface area contributed by atoms with Gasteiger partial charge in [-0.1, -0.05) is 12.5 Å². The predicted molar refractivity (Wildman–Crippen MR) is 74.5 cm³/mol. The van der Waals surface area contributed by atoms with E-state index in [4.69, 9.17) is 5.26 Å². The lowest BCUT2D eigenvalue weighted by Gasteiger charge is -2.21. The van der Waals surface area contributed by atoms with Crippen LogP contribution in [0.15, 0.2) is 18.2 Å². The molecule has 2 atom stereocenters. The molecule has 0 amide bonds. The Balaban J connectivity index is 2.18. The van der Waals surface area contributed by atoms with Crippen molar-refractivity contribution in [3.05, 3.63) is 29.3 Å². The Morgan fingerprint density at radius 1 is 1.41 bits per heavy atom. The molecule has 3 heteroatoms. The summed E-state index contributed by atoms with van der Waals surface area (Å²) >= 11 is 1.93. The predicted octanol–water partition coefficient (Wildman–Crippen LogP) is 3.56. The Labute approximate surface area is 107 Å². The molecule has 2 nitrogen and oxygen atoms in total. The summed E-state index contributed by atoms with van der Waals surface area (Å²) in [5.74, 6) is 0. The second kappa shape index (κ2) is 5.46. The highest BCUT2D eigenvalue weighted by Crippen LogP contribution is 2.31. The van der Waals surface area contributed by atoms with E-state index in [0.717, 1.165) is 11.3 Å². The van der Waals surface area contributed by atoms with Crippen LogP contribution in [-0.4, -0.2) is 17.5 Å². The Morgan fingerprint density at radius 2 is 2.24 bits per heavy atom. The molecule has 1 aromatic rings. The van der Waals surface area contributed by atoms with Gasteiger partial charge in [-0.3, -0.25) is 0 Å². The molecule has 1 aliphatic rings. The van der Waals surface area contributed by atoms with Crippen LogP contribution in [0.25, 0.3) is 0 Å². The van der Waals surface area contributed by atoms with Gasteiger partial charge < -0.3 is 5.32 Å². The topological polar surface area (TPSA) is 35.8 Å². The van der Waals surface area contributed by atoms with E-state index in [0.29, 0.717) is 11.3 Å². The molecule has 0 radical (unpaired) electrons. The van der Waals surface area contributed by atoms with E-state index in [1.807, 2.05) is 23.9 Å². The number of anilines is 1. The first kappa shape index (κ1) is 12.3. The lowest BCUT2D eigenvalue weighted by Crippen LogP contribution is -2.26. The van der Waals surface area contributed by atoms with Crippen LogP contribution in [0.1, 0.15) is 30.4 Å². The lowest BCUT2D eigenvalue weighted by molar-refractivity contribution is 0.768. The average Bonchev–Trinajstić information content (AvgIpc) is 2.77. The molecule has 0 saturated heterocycles. The van der Waals surface area contributed by atoms with Crippen molar-refractivity contribution in [2.24, 2.45) is 0 Å². The van der Waals surface area contributed by atoms with Crippen LogP contribution < -0.4 is 5.32 Å². The summed E-state index contributed by atoms with van der Waals surface area (Å²) < 4.78 is 0. The molecular weight excluding hydrogens is 228 g/mol. The minimum Gasteiger partial charge on any atom is -0.380 e. The van der Waals surface area contributed by atoms with Crippen molar-refractivity contribution in [2.75, 3.05) is 11.6 Å². The minimum absolute atomic E-state index is 0.513. The molecule has 0 aliphatic heterocycles. The monoisotopic (exact) mass is 246 g/mol. The fraction of sp³-hybridized carbons (Fsp3) is 0.500. The number of aryl methyl sites for hydroxylation is 1. The van der Waals surface area contributed by atoms with Crippen molar-refractivity contribution in [3.63, 3.8) is 0 Å². The molecule has 1 saturated carbocycles. The van der Waals surface area contributed by atoms with E-state index in [9.17, 15) is 0 Å². The third kappa shape index (κ3) is 2.76. The van der Waals surface area contributed by atoms with Crippen LogP contribution in [0.3, 0.4) is 0 Å². The summed E-state index contributed by atoms with van der Waals surface area (Å²) in [5, 5.41) is 13.4. The zero-order valence-electron chi connectivity index (χ0n) is 10.4. The van der Waals surface area contributed by atoms with E-state index >= 15 is 0 Å². The summed E-state index contributed by atoms with van der Waals surface area (Å²) in [4.78, 5) is 0. The van der Waals surface area contributed by atoms with Crippen LogP contribution in [0.2, 0.25) is 0 Å². The van der Waals surface area contributed by atoms with Gasteiger partial charge in [0.2, 0.25) is 0 Å². The van der Waals surface area contributed by atoms with Crippen LogP contribution >= 0.6 is 11.8 Å². The standard InChI is InChI=1S/C14H18N2S/c1-10-6-7-11(9-15)13(8-10)16-12-4-3-5-14(12)17-2/h6-8,12,14,16H,3-5H2,1-2H3. The Bertz CT molecular complexity index is 436. The molecule has 1 N–H and O–H groups in total. The molecule has 1 fully saturated rings. The number of rotatable bonds is 3. The van der Waals surface area contributed by atoms with Gasteiger partial charge in [0.05, 0.1) is 11.3 Å². The molecule has 1 aliphatic carbocycles. The van der Waals surface area contributed by atoms with Gasteiger partial charge in [0.25, 0.3) is 0 Å². The zero-order chi connectivity index (χ0) is 12.3. The second-order valence-corrected chi connectivity index (χ2v) is 5.69. The average molecular weight is 246 g/mol. The number of nitrogens with zero attached hydrogens (tertiary/aromatic N) is 1. The highest BCUT2D eigenvalue weighted by Gasteiger charge is 2.26. The maximum Gasteiger partial charge on any atom is 0.101 e. The first-order valence-corrected chi connectivity index (χ1v) is 7.33. The van der Waals surface area contributed by atoms with Gasteiger partial charge in [0, 0.05) is 11.3 Å². The largest absolute Gasteiger partial charge is 0.380 e. The Kier molecular flexibility index (Phi) is 3.96. The van der Waals surface area contributed by atoms with Gasteiger partial charge in [0.1, 0.15) is 6.07 Å². The van der Waals surface area contributed by atoms with E-state index < -0.39 is 0 Å². The highest BCUT2D eigenvalue weighted by atomic mass is 32.2. The SMILES string of the molecule is CSC1CCCC1Nc1cc(C)ccc1C#N. The van der Waals surface area contributed by atoms with Gasteiger partial charge >= 0.3 is 0 Å². The lowest BCUT2D eigenvalue weighted by atomic mass is 10.1. The molecule has 90 valence electrons. The number of benzene rings is 1. The molecule has 0 bridgehead atoms. The summed E-state index contributed by atoms with van der Waals surface area (Å²) in [7, 11) is 0. The first-order valence-electron chi connectivity index (χ1n) is 6.04. The van der Waals surface area contributed by atoms with Crippen molar-refractivity contribution in [1.29, 1.82) is 5.26 Å². The van der Waals surface area contributed by atoms with E-state index in [2.05, 4.69) is 30.6 Å². The van der Waals surface area contributed by atoms with Crippen molar-refractivity contribution >= 4 is 17.4 Å². The van der Waals surface area contributed by atoms with Crippen LogP contribution in [-0.2, 0) is 0 Å². The van der Waals surface area contributed by atoms with Gasteiger partial charge in [-0.2, -0.15) is 17.0 Å². The van der Waals surface area contributed by atoms with Gasteiger partial charge in [-0.25, -0.2) is 0 Å². The molecule has 1 aromatic carbocycles. The van der Waals surface area contributed by atoms with Crippen LogP contribution in [0, 0.1) is 18.3 Å². The minimum atomic E-state index is 0.513. The van der Waals surface area contributed by atoms with Crippen LogP contribution in [0.5, 0.6) is 0 Å². The molecule has 0 aromatic heterocycles.